The van der Waals surface area contributed by atoms with Crippen LogP contribution in [0.1, 0.15) is 11.3 Å². The Labute approximate surface area is 101 Å². The predicted molar refractivity (Wildman–Crippen MR) is 68.3 cm³/mol. The quantitative estimate of drug-likeness (QED) is 0.873. The van der Waals surface area contributed by atoms with E-state index >= 15 is 0 Å². The Bertz CT molecular complexity index is 483. The molecule has 1 heterocycles. The van der Waals surface area contributed by atoms with Crippen molar-refractivity contribution in [3.63, 3.8) is 0 Å². The monoisotopic (exact) mass is 228 g/mol. The number of aryl methyl sites for hydroxylation is 1. The molecule has 0 fully saturated rings. The molecule has 0 atom stereocenters. The molecule has 0 unspecified atom stereocenters. The van der Waals surface area contributed by atoms with E-state index in [9.17, 15) is 0 Å². The Morgan fingerprint density at radius 2 is 2.00 bits per heavy atom. The van der Waals surface area contributed by atoms with Gasteiger partial charge < -0.3 is 10.1 Å². The molecule has 0 spiro atoms. The number of para-hydroxylation sites is 1. The first-order valence-corrected chi connectivity index (χ1v) is 5.62. The van der Waals surface area contributed by atoms with Crippen molar-refractivity contribution in [3.8, 4) is 11.5 Å². The van der Waals surface area contributed by atoms with Crippen LogP contribution < -0.4 is 10.1 Å². The summed E-state index contributed by atoms with van der Waals surface area (Å²) in [5, 5.41) is 3.11. The molecule has 88 valence electrons. The summed E-state index contributed by atoms with van der Waals surface area (Å²) >= 11 is 0. The predicted octanol–water partition coefficient (Wildman–Crippen LogP) is 2.90. The van der Waals surface area contributed by atoms with Gasteiger partial charge in [0.15, 0.2) is 0 Å². The summed E-state index contributed by atoms with van der Waals surface area (Å²) in [5.74, 6) is 1.70. The molecular weight excluding hydrogens is 212 g/mol. The van der Waals surface area contributed by atoms with Crippen molar-refractivity contribution in [2.75, 3.05) is 7.05 Å². The van der Waals surface area contributed by atoms with Gasteiger partial charge in [-0.15, -0.1) is 0 Å². The SMILES string of the molecule is CNCc1cnc(C)cc1Oc1ccccc1. The van der Waals surface area contributed by atoms with Gasteiger partial charge in [-0.2, -0.15) is 0 Å². The van der Waals surface area contributed by atoms with Gasteiger partial charge in [0, 0.05) is 30.1 Å². The minimum Gasteiger partial charge on any atom is -0.457 e. The summed E-state index contributed by atoms with van der Waals surface area (Å²) in [6.45, 7) is 2.70. The van der Waals surface area contributed by atoms with Gasteiger partial charge in [-0.1, -0.05) is 18.2 Å². The van der Waals surface area contributed by atoms with E-state index in [-0.39, 0.29) is 0 Å². The number of aromatic nitrogens is 1. The average molecular weight is 228 g/mol. The lowest BCUT2D eigenvalue weighted by molar-refractivity contribution is 0.472. The number of rotatable bonds is 4. The van der Waals surface area contributed by atoms with Gasteiger partial charge in [-0.3, -0.25) is 4.98 Å². The molecular formula is C14H16N2O. The lowest BCUT2D eigenvalue weighted by Crippen LogP contribution is -2.07. The third-order valence-electron chi connectivity index (χ3n) is 2.42. The van der Waals surface area contributed by atoms with Crippen molar-refractivity contribution in [2.24, 2.45) is 0 Å². The number of hydrogen-bond acceptors (Lipinski definition) is 3. The van der Waals surface area contributed by atoms with Crippen molar-refractivity contribution in [3.05, 3.63) is 53.9 Å². The smallest absolute Gasteiger partial charge is 0.135 e. The topological polar surface area (TPSA) is 34.2 Å². The van der Waals surface area contributed by atoms with Gasteiger partial charge in [-0.05, 0) is 26.1 Å². The van der Waals surface area contributed by atoms with E-state index in [0.29, 0.717) is 0 Å². The molecule has 0 aliphatic rings. The molecule has 3 nitrogen and oxygen atoms in total. The maximum atomic E-state index is 5.86. The van der Waals surface area contributed by atoms with Gasteiger partial charge in [0.2, 0.25) is 0 Å². The molecule has 1 N–H and O–H groups in total. The maximum absolute atomic E-state index is 5.86. The van der Waals surface area contributed by atoms with Crippen LogP contribution in [0.15, 0.2) is 42.6 Å². The van der Waals surface area contributed by atoms with Crippen LogP contribution in [0.4, 0.5) is 0 Å². The van der Waals surface area contributed by atoms with Crippen molar-refractivity contribution in [2.45, 2.75) is 13.5 Å². The molecule has 0 radical (unpaired) electrons. The van der Waals surface area contributed by atoms with Crippen molar-refractivity contribution >= 4 is 0 Å². The summed E-state index contributed by atoms with van der Waals surface area (Å²) in [5.41, 5.74) is 2.01. The maximum Gasteiger partial charge on any atom is 0.135 e. The van der Waals surface area contributed by atoms with Crippen molar-refractivity contribution < 1.29 is 4.74 Å². The molecule has 0 amide bonds. The van der Waals surface area contributed by atoms with Gasteiger partial charge in [0.05, 0.1) is 0 Å². The highest BCUT2D eigenvalue weighted by Gasteiger charge is 2.05. The van der Waals surface area contributed by atoms with E-state index in [2.05, 4.69) is 10.3 Å². The van der Waals surface area contributed by atoms with Crippen LogP contribution in [0.2, 0.25) is 0 Å². The normalized spacial score (nSPS) is 10.2. The van der Waals surface area contributed by atoms with E-state index < -0.39 is 0 Å². The van der Waals surface area contributed by atoms with Crippen LogP contribution in [0.5, 0.6) is 11.5 Å². The third kappa shape index (κ3) is 3.04. The highest BCUT2D eigenvalue weighted by atomic mass is 16.5. The largest absolute Gasteiger partial charge is 0.457 e. The van der Waals surface area contributed by atoms with Gasteiger partial charge in [0.1, 0.15) is 11.5 Å². The van der Waals surface area contributed by atoms with Crippen LogP contribution in [0, 0.1) is 6.92 Å². The zero-order chi connectivity index (χ0) is 12.1. The Kier molecular flexibility index (Phi) is 3.73. The van der Waals surface area contributed by atoms with E-state index in [0.717, 1.165) is 29.3 Å². The van der Waals surface area contributed by atoms with Crippen LogP contribution in [0.3, 0.4) is 0 Å². The molecule has 0 aliphatic carbocycles. The summed E-state index contributed by atoms with van der Waals surface area (Å²) in [6.07, 6.45) is 1.85. The molecule has 2 rings (SSSR count). The number of ether oxygens (including phenoxy) is 1. The average Bonchev–Trinajstić information content (AvgIpc) is 2.34. The second-order valence-corrected chi connectivity index (χ2v) is 3.88. The Morgan fingerprint density at radius 3 is 2.71 bits per heavy atom. The molecule has 0 bridgehead atoms. The molecule has 0 saturated heterocycles. The molecule has 0 aliphatic heterocycles. The number of pyridine rings is 1. The molecule has 0 saturated carbocycles. The van der Waals surface area contributed by atoms with Gasteiger partial charge in [-0.25, -0.2) is 0 Å². The highest BCUT2D eigenvalue weighted by Crippen LogP contribution is 2.25. The highest BCUT2D eigenvalue weighted by molar-refractivity contribution is 5.37. The van der Waals surface area contributed by atoms with E-state index in [1.807, 2.05) is 56.6 Å². The zero-order valence-corrected chi connectivity index (χ0v) is 10.1. The van der Waals surface area contributed by atoms with Crippen LogP contribution in [-0.4, -0.2) is 12.0 Å². The number of nitrogens with one attached hydrogen (secondary N) is 1. The van der Waals surface area contributed by atoms with E-state index in [1.54, 1.807) is 0 Å². The summed E-state index contributed by atoms with van der Waals surface area (Å²) < 4.78 is 5.86. The molecule has 3 heteroatoms. The van der Waals surface area contributed by atoms with E-state index in [1.165, 1.54) is 0 Å². The Hall–Kier alpha value is -1.87. The first kappa shape index (κ1) is 11.6. The van der Waals surface area contributed by atoms with Crippen LogP contribution in [0.25, 0.3) is 0 Å². The fourth-order valence-electron chi connectivity index (χ4n) is 1.60. The lowest BCUT2D eigenvalue weighted by Gasteiger charge is -2.11. The van der Waals surface area contributed by atoms with Crippen molar-refractivity contribution in [1.82, 2.24) is 10.3 Å². The van der Waals surface area contributed by atoms with Crippen molar-refractivity contribution in [1.29, 1.82) is 0 Å². The lowest BCUT2D eigenvalue weighted by atomic mass is 10.2. The van der Waals surface area contributed by atoms with Crippen LogP contribution >= 0.6 is 0 Å². The molecule has 1 aromatic carbocycles. The summed E-state index contributed by atoms with van der Waals surface area (Å²) in [7, 11) is 1.91. The molecule has 1 aromatic heterocycles. The minimum atomic E-state index is 0.745. The summed E-state index contributed by atoms with van der Waals surface area (Å²) in [4.78, 5) is 4.28. The standard InChI is InChI=1S/C14H16N2O/c1-11-8-14(12(9-15-2)10-16-11)17-13-6-4-3-5-7-13/h3-8,10,15H,9H2,1-2H3. The zero-order valence-electron chi connectivity index (χ0n) is 10.1. The Balaban J connectivity index is 2.27. The summed E-state index contributed by atoms with van der Waals surface area (Å²) in [6, 6.07) is 11.7. The van der Waals surface area contributed by atoms with Crippen LogP contribution in [-0.2, 0) is 6.54 Å². The number of benzene rings is 1. The number of hydrogen-bond donors (Lipinski definition) is 1. The van der Waals surface area contributed by atoms with Gasteiger partial charge >= 0.3 is 0 Å². The van der Waals surface area contributed by atoms with Gasteiger partial charge in [0.25, 0.3) is 0 Å². The second kappa shape index (κ2) is 5.46. The number of nitrogens with zero attached hydrogens (tertiary/aromatic N) is 1. The second-order valence-electron chi connectivity index (χ2n) is 3.88. The fourth-order valence-corrected chi connectivity index (χ4v) is 1.60. The fraction of sp³-hybridized carbons (Fsp3) is 0.214. The first-order chi connectivity index (χ1) is 8.29. The Morgan fingerprint density at radius 1 is 1.24 bits per heavy atom. The third-order valence-corrected chi connectivity index (χ3v) is 2.42. The minimum absolute atomic E-state index is 0.745. The molecule has 2 aromatic rings. The van der Waals surface area contributed by atoms with E-state index in [4.69, 9.17) is 4.74 Å². The first-order valence-electron chi connectivity index (χ1n) is 5.62. The molecule has 17 heavy (non-hydrogen) atoms.